The summed E-state index contributed by atoms with van der Waals surface area (Å²) in [6.45, 7) is 4.35. The Morgan fingerprint density at radius 3 is 2.50 bits per heavy atom. The zero-order valence-corrected chi connectivity index (χ0v) is 13.2. The lowest BCUT2D eigenvalue weighted by atomic mass is 9.79. The van der Waals surface area contributed by atoms with Crippen LogP contribution in [0.15, 0.2) is 24.3 Å². The molecule has 2 unspecified atom stereocenters. The van der Waals surface area contributed by atoms with Gasteiger partial charge in [0.25, 0.3) is 0 Å². The Morgan fingerprint density at radius 2 is 1.90 bits per heavy atom. The molecule has 2 aliphatic heterocycles. The van der Waals surface area contributed by atoms with Crippen molar-refractivity contribution in [3.63, 3.8) is 0 Å². The van der Waals surface area contributed by atoms with Crippen LogP contribution in [0.4, 0.5) is 0 Å². The number of rotatable bonds is 2. The monoisotopic (exact) mass is 292 g/mol. The second-order valence-electron chi connectivity index (χ2n) is 6.72. The first-order chi connectivity index (χ1) is 9.49. The van der Waals surface area contributed by atoms with Gasteiger partial charge in [-0.3, -0.25) is 4.21 Å². The molecule has 0 amide bonds. The molecule has 2 atom stereocenters. The molecule has 0 aliphatic carbocycles. The molecular weight excluding hydrogens is 268 g/mol. The SMILES string of the molecule is CC(C)c1cccc(C2(O)CC3CCCC(C2)S3=O)c1. The average molecular weight is 292 g/mol. The topological polar surface area (TPSA) is 37.3 Å². The van der Waals surface area contributed by atoms with Crippen molar-refractivity contribution in [1.82, 2.24) is 0 Å². The Labute approximate surface area is 124 Å². The Hall–Kier alpha value is -0.670. The highest BCUT2D eigenvalue weighted by atomic mass is 32.2. The van der Waals surface area contributed by atoms with E-state index in [1.165, 1.54) is 12.0 Å². The molecule has 0 saturated carbocycles. The predicted molar refractivity (Wildman–Crippen MR) is 83.2 cm³/mol. The van der Waals surface area contributed by atoms with Crippen LogP contribution in [0.25, 0.3) is 0 Å². The third-order valence-electron chi connectivity index (χ3n) is 4.93. The van der Waals surface area contributed by atoms with Gasteiger partial charge in [0.2, 0.25) is 0 Å². The summed E-state index contributed by atoms with van der Waals surface area (Å²) in [6.07, 6.45) is 4.52. The number of hydrogen-bond acceptors (Lipinski definition) is 2. The summed E-state index contributed by atoms with van der Waals surface area (Å²) in [7, 11) is -0.730. The molecule has 0 spiro atoms. The zero-order chi connectivity index (χ0) is 14.3. The van der Waals surface area contributed by atoms with Gasteiger partial charge in [-0.1, -0.05) is 44.5 Å². The van der Waals surface area contributed by atoms with Crippen LogP contribution in [-0.4, -0.2) is 19.8 Å². The predicted octanol–water partition coefficient (Wildman–Crippen LogP) is 3.46. The molecule has 2 bridgehead atoms. The van der Waals surface area contributed by atoms with Crippen LogP contribution in [0.1, 0.15) is 63.0 Å². The first-order valence-electron chi connectivity index (χ1n) is 7.72. The van der Waals surface area contributed by atoms with Crippen molar-refractivity contribution in [3.8, 4) is 0 Å². The van der Waals surface area contributed by atoms with E-state index in [1.54, 1.807) is 0 Å². The Bertz CT molecular complexity index is 507. The van der Waals surface area contributed by atoms with Gasteiger partial charge < -0.3 is 5.11 Å². The highest BCUT2D eigenvalue weighted by Gasteiger charge is 2.46. The van der Waals surface area contributed by atoms with Crippen molar-refractivity contribution in [3.05, 3.63) is 35.4 Å². The van der Waals surface area contributed by atoms with Gasteiger partial charge in [0.15, 0.2) is 0 Å². The Balaban J connectivity index is 1.93. The summed E-state index contributed by atoms with van der Waals surface area (Å²) in [4.78, 5) is 0. The summed E-state index contributed by atoms with van der Waals surface area (Å²) in [6, 6.07) is 8.35. The van der Waals surface area contributed by atoms with Crippen LogP contribution in [0.3, 0.4) is 0 Å². The highest BCUT2D eigenvalue weighted by molar-refractivity contribution is 7.86. The van der Waals surface area contributed by atoms with Gasteiger partial charge in [-0.05, 0) is 42.7 Å². The molecule has 3 heteroatoms. The van der Waals surface area contributed by atoms with Crippen molar-refractivity contribution in [2.75, 3.05) is 0 Å². The second kappa shape index (κ2) is 5.27. The highest BCUT2D eigenvalue weighted by Crippen LogP contribution is 2.44. The van der Waals surface area contributed by atoms with Crippen LogP contribution in [0, 0.1) is 0 Å². The first kappa shape index (κ1) is 14.3. The normalized spacial score (nSPS) is 37.1. The van der Waals surface area contributed by atoms with Crippen molar-refractivity contribution in [2.24, 2.45) is 0 Å². The minimum atomic E-state index is -0.769. The molecule has 110 valence electrons. The average Bonchev–Trinajstić information content (AvgIpc) is 2.41. The molecule has 0 aromatic heterocycles. The quantitative estimate of drug-likeness (QED) is 0.906. The zero-order valence-electron chi connectivity index (χ0n) is 12.3. The number of benzene rings is 1. The molecule has 3 rings (SSSR count). The van der Waals surface area contributed by atoms with Crippen molar-refractivity contribution in [2.45, 2.75) is 68.0 Å². The minimum absolute atomic E-state index is 0.190. The van der Waals surface area contributed by atoms with Gasteiger partial charge in [-0.25, -0.2) is 0 Å². The van der Waals surface area contributed by atoms with Gasteiger partial charge >= 0.3 is 0 Å². The molecule has 0 radical (unpaired) electrons. The largest absolute Gasteiger partial charge is 0.385 e. The van der Waals surface area contributed by atoms with Gasteiger partial charge in [0.1, 0.15) is 0 Å². The maximum absolute atomic E-state index is 12.3. The van der Waals surface area contributed by atoms with E-state index in [9.17, 15) is 9.32 Å². The number of hydrogen-bond donors (Lipinski definition) is 1. The van der Waals surface area contributed by atoms with E-state index in [2.05, 4.69) is 26.0 Å². The Kier molecular flexibility index (Phi) is 3.76. The molecule has 1 N–H and O–H groups in total. The molecule has 1 aromatic carbocycles. The van der Waals surface area contributed by atoms with E-state index in [0.29, 0.717) is 18.8 Å². The van der Waals surface area contributed by atoms with Crippen molar-refractivity contribution < 1.29 is 9.32 Å². The summed E-state index contributed by atoms with van der Waals surface area (Å²) in [5.74, 6) is 0.468. The third kappa shape index (κ3) is 2.46. The number of fused-ring (bicyclic) bond motifs is 2. The first-order valence-corrected chi connectivity index (χ1v) is 8.99. The number of aliphatic hydroxyl groups is 1. The van der Waals surface area contributed by atoms with Crippen LogP contribution in [0.2, 0.25) is 0 Å². The minimum Gasteiger partial charge on any atom is -0.385 e. The maximum Gasteiger partial charge on any atom is 0.0919 e. The lowest BCUT2D eigenvalue weighted by molar-refractivity contribution is 0.00647. The lowest BCUT2D eigenvalue weighted by Gasteiger charge is -2.44. The fourth-order valence-corrected chi connectivity index (χ4v) is 5.93. The fourth-order valence-electron chi connectivity index (χ4n) is 3.71. The molecule has 2 saturated heterocycles. The molecule has 2 heterocycles. The Morgan fingerprint density at radius 1 is 1.25 bits per heavy atom. The van der Waals surface area contributed by atoms with Crippen LogP contribution in [0.5, 0.6) is 0 Å². The van der Waals surface area contributed by atoms with E-state index >= 15 is 0 Å². The van der Waals surface area contributed by atoms with Crippen LogP contribution < -0.4 is 0 Å². The fraction of sp³-hybridized carbons (Fsp3) is 0.647. The summed E-state index contributed by atoms with van der Waals surface area (Å²) < 4.78 is 12.3. The van der Waals surface area contributed by atoms with Crippen molar-refractivity contribution in [1.29, 1.82) is 0 Å². The van der Waals surface area contributed by atoms with Gasteiger partial charge in [-0.2, -0.15) is 0 Å². The molecule has 1 aromatic rings. The van der Waals surface area contributed by atoms with E-state index < -0.39 is 16.4 Å². The molecule has 2 aliphatic rings. The van der Waals surface area contributed by atoms with Gasteiger partial charge in [-0.15, -0.1) is 0 Å². The van der Waals surface area contributed by atoms with Gasteiger partial charge in [0, 0.05) is 21.3 Å². The summed E-state index contributed by atoms with van der Waals surface area (Å²) in [5.41, 5.74) is 1.53. The lowest BCUT2D eigenvalue weighted by Crippen LogP contribution is -2.47. The molecule has 20 heavy (non-hydrogen) atoms. The van der Waals surface area contributed by atoms with Crippen LogP contribution >= 0.6 is 0 Å². The summed E-state index contributed by atoms with van der Waals surface area (Å²) >= 11 is 0. The summed E-state index contributed by atoms with van der Waals surface area (Å²) in [5, 5.41) is 11.5. The third-order valence-corrected chi connectivity index (χ3v) is 7.05. The van der Waals surface area contributed by atoms with E-state index in [0.717, 1.165) is 18.4 Å². The molecule has 2 fully saturated rings. The van der Waals surface area contributed by atoms with Gasteiger partial charge in [0.05, 0.1) is 5.60 Å². The van der Waals surface area contributed by atoms with Crippen molar-refractivity contribution >= 4 is 10.8 Å². The second-order valence-corrected chi connectivity index (χ2v) is 8.71. The molecular formula is C17H24O2S. The smallest absolute Gasteiger partial charge is 0.0919 e. The van der Waals surface area contributed by atoms with E-state index in [1.807, 2.05) is 12.1 Å². The van der Waals surface area contributed by atoms with E-state index in [-0.39, 0.29) is 10.5 Å². The van der Waals surface area contributed by atoms with E-state index in [4.69, 9.17) is 0 Å². The van der Waals surface area contributed by atoms with Crippen LogP contribution in [-0.2, 0) is 16.4 Å². The molecule has 2 nitrogen and oxygen atoms in total. The standard InChI is InChI=1S/C17H24O2S/c1-12(2)13-5-3-6-14(9-13)17(18)10-15-7-4-8-16(11-17)20(15)19/h3,5-6,9,12,15-16,18H,4,7-8,10-11H2,1-2H3. The maximum atomic E-state index is 12.3.